The van der Waals surface area contributed by atoms with Crippen LogP contribution in [-0.4, -0.2) is 37.6 Å². The van der Waals surface area contributed by atoms with E-state index in [0.717, 1.165) is 24.8 Å². The van der Waals surface area contributed by atoms with Crippen LogP contribution in [0.4, 0.5) is 0 Å². The maximum Gasteiger partial charge on any atom is 0.256 e. The third-order valence-electron chi connectivity index (χ3n) is 4.33. The fourth-order valence-corrected chi connectivity index (χ4v) is 3.16. The topological polar surface area (TPSA) is 55.6 Å². The SMILES string of the molecule is COC(C(=O)N(C)C1CCCC1CN)c1ccccc1. The van der Waals surface area contributed by atoms with Crippen LogP contribution < -0.4 is 5.73 Å². The predicted molar refractivity (Wildman–Crippen MR) is 79.1 cm³/mol. The Morgan fingerprint density at radius 2 is 2.10 bits per heavy atom. The van der Waals surface area contributed by atoms with Gasteiger partial charge in [0.1, 0.15) is 0 Å². The Bertz CT molecular complexity index is 435. The van der Waals surface area contributed by atoms with E-state index in [-0.39, 0.29) is 11.9 Å². The summed E-state index contributed by atoms with van der Waals surface area (Å²) in [7, 11) is 3.45. The summed E-state index contributed by atoms with van der Waals surface area (Å²) in [4.78, 5) is 14.5. The zero-order valence-corrected chi connectivity index (χ0v) is 12.3. The zero-order chi connectivity index (χ0) is 14.5. The second-order valence-electron chi connectivity index (χ2n) is 5.47. The summed E-state index contributed by atoms with van der Waals surface area (Å²) < 4.78 is 5.43. The van der Waals surface area contributed by atoms with Crippen molar-refractivity contribution < 1.29 is 9.53 Å². The van der Waals surface area contributed by atoms with Crippen molar-refractivity contribution in [2.24, 2.45) is 11.7 Å². The molecule has 20 heavy (non-hydrogen) atoms. The van der Waals surface area contributed by atoms with E-state index in [1.807, 2.05) is 42.3 Å². The van der Waals surface area contributed by atoms with Crippen molar-refractivity contribution in [2.75, 3.05) is 20.7 Å². The third-order valence-corrected chi connectivity index (χ3v) is 4.33. The molecule has 3 atom stereocenters. The Morgan fingerprint density at radius 3 is 2.70 bits per heavy atom. The van der Waals surface area contributed by atoms with E-state index in [9.17, 15) is 4.79 Å². The van der Waals surface area contributed by atoms with Crippen LogP contribution in [0.1, 0.15) is 30.9 Å². The Balaban J connectivity index is 2.12. The number of rotatable bonds is 5. The molecule has 0 saturated heterocycles. The summed E-state index contributed by atoms with van der Waals surface area (Å²) in [5.41, 5.74) is 6.71. The van der Waals surface area contributed by atoms with Gasteiger partial charge >= 0.3 is 0 Å². The Hall–Kier alpha value is -1.39. The molecule has 4 nitrogen and oxygen atoms in total. The second kappa shape index (κ2) is 6.86. The van der Waals surface area contributed by atoms with E-state index in [2.05, 4.69) is 0 Å². The Labute approximate surface area is 120 Å². The Morgan fingerprint density at radius 1 is 1.40 bits per heavy atom. The van der Waals surface area contributed by atoms with E-state index in [1.165, 1.54) is 0 Å². The number of amides is 1. The molecule has 2 rings (SSSR count). The fraction of sp³-hybridized carbons (Fsp3) is 0.562. The lowest BCUT2D eigenvalue weighted by atomic mass is 10.0. The summed E-state index contributed by atoms with van der Waals surface area (Å²) in [5, 5.41) is 0. The number of benzene rings is 1. The molecule has 0 heterocycles. The minimum atomic E-state index is -0.528. The van der Waals surface area contributed by atoms with Gasteiger partial charge in [-0.2, -0.15) is 0 Å². The van der Waals surface area contributed by atoms with Crippen LogP contribution in [0.15, 0.2) is 30.3 Å². The smallest absolute Gasteiger partial charge is 0.256 e. The van der Waals surface area contributed by atoms with Gasteiger partial charge in [0, 0.05) is 20.2 Å². The molecular formula is C16H24N2O2. The maximum atomic E-state index is 12.7. The van der Waals surface area contributed by atoms with Crippen LogP contribution in [0, 0.1) is 5.92 Å². The van der Waals surface area contributed by atoms with Crippen molar-refractivity contribution in [2.45, 2.75) is 31.4 Å². The summed E-state index contributed by atoms with van der Waals surface area (Å²) in [6, 6.07) is 9.88. The van der Waals surface area contributed by atoms with Crippen LogP contribution >= 0.6 is 0 Å². The quantitative estimate of drug-likeness (QED) is 0.894. The third kappa shape index (κ3) is 3.02. The van der Waals surface area contributed by atoms with Gasteiger partial charge in [-0.15, -0.1) is 0 Å². The molecule has 3 unspecified atom stereocenters. The van der Waals surface area contributed by atoms with Gasteiger partial charge in [0.25, 0.3) is 5.91 Å². The number of nitrogens with two attached hydrogens (primary N) is 1. The first-order valence-electron chi connectivity index (χ1n) is 7.23. The highest BCUT2D eigenvalue weighted by molar-refractivity contribution is 5.82. The average molecular weight is 276 g/mol. The summed E-state index contributed by atoms with van der Waals surface area (Å²) in [5.74, 6) is 0.432. The number of likely N-dealkylation sites (N-methyl/N-ethyl adjacent to an activating group) is 1. The van der Waals surface area contributed by atoms with Crippen molar-refractivity contribution in [1.29, 1.82) is 0 Å². The lowest BCUT2D eigenvalue weighted by molar-refractivity contribution is -0.143. The first-order chi connectivity index (χ1) is 9.69. The van der Waals surface area contributed by atoms with E-state index in [4.69, 9.17) is 10.5 Å². The van der Waals surface area contributed by atoms with Gasteiger partial charge in [0.05, 0.1) is 0 Å². The van der Waals surface area contributed by atoms with Crippen LogP contribution in [0.25, 0.3) is 0 Å². The summed E-state index contributed by atoms with van der Waals surface area (Å²) in [6.45, 7) is 0.644. The molecule has 1 fully saturated rings. The first kappa shape index (κ1) is 15.0. The van der Waals surface area contributed by atoms with Crippen LogP contribution in [-0.2, 0) is 9.53 Å². The molecule has 0 spiro atoms. The molecule has 110 valence electrons. The van der Waals surface area contributed by atoms with Crippen molar-refractivity contribution in [3.8, 4) is 0 Å². The molecule has 0 radical (unpaired) electrons. The number of nitrogens with zero attached hydrogens (tertiary/aromatic N) is 1. The van der Waals surface area contributed by atoms with Gasteiger partial charge in [-0.1, -0.05) is 36.8 Å². The number of carbonyl (C=O) groups excluding carboxylic acids is 1. The lowest BCUT2D eigenvalue weighted by Crippen LogP contribution is -2.44. The molecule has 4 heteroatoms. The number of ether oxygens (including phenoxy) is 1. The number of carbonyl (C=O) groups is 1. The highest BCUT2D eigenvalue weighted by Crippen LogP contribution is 2.30. The van der Waals surface area contributed by atoms with Gasteiger partial charge in [-0.3, -0.25) is 4.79 Å². The van der Waals surface area contributed by atoms with Crippen molar-refractivity contribution in [3.63, 3.8) is 0 Å². The molecule has 0 aromatic heterocycles. The molecule has 1 aromatic rings. The molecule has 1 saturated carbocycles. The summed E-state index contributed by atoms with van der Waals surface area (Å²) >= 11 is 0. The number of methoxy groups -OCH3 is 1. The fourth-order valence-electron chi connectivity index (χ4n) is 3.16. The lowest BCUT2D eigenvalue weighted by Gasteiger charge is -2.31. The maximum absolute atomic E-state index is 12.7. The standard InChI is InChI=1S/C16H24N2O2/c1-18(14-10-6-9-13(14)11-17)16(19)15(20-2)12-7-4-3-5-8-12/h3-5,7-8,13-15H,6,9-11,17H2,1-2H3. The molecule has 0 aliphatic heterocycles. The van der Waals surface area contributed by atoms with Crippen molar-refractivity contribution in [3.05, 3.63) is 35.9 Å². The predicted octanol–water partition coefficient (Wildman–Crippen LogP) is 1.96. The van der Waals surface area contributed by atoms with Gasteiger partial charge in [0.2, 0.25) is 0 Å². The number of hydrogen-bond acceptors (Lipinski definition) is 3. The minimum absolute atomic E-state index is 0.0176. The largest absolute Gasteiger partial charge is 0.367 e. The molecule has 0 bridgehead atoms. The molecule has 2 N–H and O–H groups in total. The van der Waals surface area contributed by atoms with E-state index >= 15 is 0 Å². The summed E-state index contributed by atoms with van der Waals surface area (Å²) in [6.07, 6.45) is 2.77. The van der Waals surface area contributed by atoms with E-state index in [0.29, 0.717) is 12.5 Å². The van der Waals surface area contributed by atoms with Gasteiger partial charge < -0.3 is 15.4 Å². The minimum Gasteiger partial charge on any atom is -0.367 e. The second-order valence-corrected chi connectivity index (χ2v) is 5.47. The van der Waals surface area contributed by atoms with E-state index < -0.39 is 6.10 Å². The van der Waals surface area contributed by atoms with Crippen molar-refractivity contribution >= 4 is 5.91 Å². The number of hydrogen-bond donors (Lipinski definition) is 1. The van der Waals surface area contributed by atoms with Gasteiger partial charge in [-0.25, -0.2) is 0 Å². The molecule has 1 aromatic carbocycles. The molecule has 1 aliphatic carbocycles. The van der Waals surface area contributed by atoms with Gasteiger partial charge in [-0.05, 0) is 30.9 Å². The first-order valence-corrected chi connectivity index (χ1v) is 7.23. The molecule has 1 amide bonds. The molecule has 1 aliphatic rings. The normalized spacial score (nSPS) is 23.6. The van der Waals surface area contributed by atoms with Crippen LogP contribution in [0.2, 0.25) is 0 Å². The van der Waals surface area contributed by atoms with Crippen LogP contribution in [0.3, 0.4) is 0 Å². The van der Waals surface area contributed by atoms with E-state index in [1.54, 1.807) is 7.11 Å². The van der Waals surface area contributed by atoms with Crippen molar-refractivity contribution in [1.82, 2.24) is 4.90 Å². The van der Waals surface area contributed by atoms with Crippen LogP contribution in [0.5, 0.6) is 0 Å². The van der Waals surface area contributed by atoms with Gasteiger partial charge in [0.15, 0.2) is 6.10 Å². The highest BCUT2D eigenvalue weighted by Gasteiger charge is 2.34. The monoisotopic (exact) mass is 276 g/mol. The molecular weight excluding hydrogens is 252 g/mol. The zero-order valence-electron chi connectivity index (χ0n) is 12.3. The average Bonchev–Trinajstić information content (AvgIpc) is 2.96. The highest BCUT2D eigenvalue weighted by atomic mass is 16.5. The Kier molecular flexibility index (Phi) is 5.15.